The van der Waals surface area contributed by atoms with Crippen LogP contribution in [0, 0.1) is 0 Å². The van der Waals surface area contributed by atoms with Gasteiger partial charge in [-0.15, -0.1) is 0 Å². The highest BCUT2D eigenvalue weighted by Gasteiger charge is 2.31. The predicted molar refractivity (Wildman–Crippen MR) is 106 cm³/mol. The van der Waals surface area contributed by atoms with Crippen LogP contribution in [0.15, 0.2) is 23.0 Å². The molecule has 2 amide bonds. The van der Waals surface area contributed by atoms with Gasteiger partial charge in [0.2, 0.25) is 11.8 Å². The molecule has 4 rings (SSSR count). The molecule has 2 aliphatic heterocycles. The van der Waals surface area contributed by atoms with Gasteiger partial charge in [-0.3, -0.25) is 24.0 Å². The van der Waals surface area contributed by atoms with Gasteiger partial charge in [0.05, 0.1) is 37.0 Å². The number of aryl methyl sites for hydroxylation is 1. The Bertz CT molecular complexity index is 973. The Hall–Kier alpha value is -2.49. The molecule has 0 radical (unpaired) electrons. The second kappa shape index (κ2) is 8.48. The predicted octanol–water partition coefficient (Wildman–Crippen LogP) is -0.135. The third-order valence-corrected chi connectivity index (χ3v) is 5.53. The van der Waals surface area contributed by atoms with Crippen LogP contribution in [0.2, 0.25) is 0 Å². The van der Waals surface area contributed by atoms with Gasteiger partial charge >= 0.3 is 5.69 Å². The van der Waals surface area contributed by atoms with Crippen molar-refractivity contribution in [3.63, 3.8) is 0 Å². The summed E-state index contributed by atoms with van der Waals surface area (Å²) < 4.78 is 14.5. The first kappa shape index (κ1) is 19.8. The maximum absolute atomic E-state index is 12.9. The lowest BCUT2D eigenvalue weighted by Crippen LogP contribution is -2.44. The van der Waals surface area contributed by atoms with Crippen molar-refractivity contribution in [1.82, 2.24) is 19.8 Å². The molecular formula is C20H26N4O5. The smallest absolute Gasteiger partial charge is 0.329 e. The van der Waals surface area contributed by atoms with Crippen LogP contribution in [0.5, 0.6) is 0 Å². The number of imide groups is 1. The van der Waals surface area contributed by atoms with Crippen molar-refractivity contribution >= 4 is 22.8 Å². The van der Waals surface area contributed by atoms with Crippen molar-refractivity contribution < 1.29 is 19.1 Å². The van der Waals surface area contributed by atoms with Crippen LogP contribution in [-0.2, 0) is 32.5 Å². The molecule has 3 heterocycles. The van der Waals surface area contributed by atoms with Crippen LogP contribution in [0.1, 0.15) is 24.4 Å². The molecule has 156 valence electrons. The quantitative estimate of drug-likeness (QED) is 0.515. The number of carbonyl (C=O) groups excluding carboxylic acids is 2. The fourth-order valence-electron chi connectivity index (χ4n) is 4.07. The minimum atomic E-state index is -0.675. The number of aromatic nitrogens is 2. The minimum absolute atomic E-state index is 0.0671. The van der Waals surface area contributed by atoms with Gasteiger partial charge in [0.15, 0.2) is 0 Å². The first-order chi connectivity index (χ1) is 14.1. The van der Waals surface area contributed by atoms with Gasteiger partial charge in [-0.2, -0.15) is 0 Å². The molecular weight excluding hydrogens is 376 g/mol. The first-order valence-corrected chi connectivity index (χ1v) is 9.99. The molecule has 2 aliphatic rings. The number of piperidine rings is 1. The molecule has 2 aromatic rings. The number of fused-ring (bicyclic) bond motifs is 1. The number of carbonyl (C=O) groups is 2. The standard InChI is InChI=1S/C20H26N4O5/c1-23-18-13(7-9-28-12-14-11-21-8-10-29-14)3-2-4-15(18)24(20(23)27)16-5-6-17(25)22-19(16)26/h2-4,14,16,21H,5-12H2,1H3,(H,22,25,26)/t14-,16?/m1/s1. The summed E-state index contributed by atoms with van der Waals surface area (Å²) >= 11 is 0. The molecule has 9 heteroatoms. The Kier molecular flexibility index (Phi) is 5.79. The van der Waals surface area contributed by atoms with E-state index in [1.807, 2.05) is 18.2 Å². The van der Waals surface area contributed by atoms with Crippen molar-refractivity contribution in [3.05, 3.63) is 34.2 Å². The lowest BCUT2D eigenvalue weighted by atomic mass is 10.1. The van der Waals surface area contributed by atoms with Gasteiger partial charge in [-0.25, -0.2) is 4.79 Å². The van der Waals surface area contributed by atoms with E-state index >= 15 is 0 Å². The highest BCUT2D eigenvalue weighted by atomic mass is 16.5. The number of benzene rings is 1. The fraction of sp³-hybridized carbons (Fsp3) is 0.550. The first-order valence-electron chi connectivity index (χ1n) is 9.99. The summed E-state index contributed by atoms with van der Waals surface area (Å²) in [7, 11) is 1.71. The van der Waals surface area contributed by atoms with E-state index in [9.17, 15) is 14.4 Å². The highest BCUT2D eigenvalue weighted by Crippen LogP contribution is 2.25. The van der Waals surface area contributed by atoms with Gasteiger partial charge in [0.1, 0.15) is 6.04 Å². The molecule has 2 N–H and O–H groups in total. The van der Waals surface area contributed by atoms with E-state index in [1.54, 1.807) is 11.6 Å². The number of rotatable bonds is 6. The Balaban J connectivity index is 1.53. The minimum Gasteiger partial charge on any atom is -0.378 e. The molecule has 1 unspecified atom stereocenters. The Morgan fingerprint density at radius 2 is 2.14 bits per heavy atom. The molecule has 1 aromatic heterocycles. The topological polar surface area (TPSA) is 104 Å². The van der Waals surface area contributed by atoms with E-state index < -0.39 is 11.9 Å². The van der Waals surface area contributed by atoms with Crippen molar-refractivity contribution in [2.75, 3.05) is 32.9 Å². The Labute approximate surface area is 168 Å². The lowest BCUT2D eigenvalue weighted by molar-refractivity contribution is -0.135. The molecule has 2 fully saturated rings. The summed E-state index contributed by atoms with van der Waals surface area (Å²) in [6.07, 6.45) is 1.26. The molecule has 1 aromatic carbocycles. The Morgan fingerprint density at radius 1 is 1.28 bits per heavy atom. The zero-order valence-electron chi connectivity index (χ0n) is 16.5. The normalized spacial score (nSPS) is 22.8. The second-order valence-corrected chi connectivity index (χ2v) is 7.49. The fourth-order valence-corrected chi connectivity index (χ4v) is 4.07. The number of amides is 2. The summed E-state index contributed by atoms with van der Waals surface area (Å²) in [6.45, 7) is 3.40. The monoisotopic (exact) mass is 402 g/mol. The number of imidazole rings is 1. The lowest BCUT2D eigenvalue weighted by Gasteiger charge is -2.23. The number of hydrogen-bond acceptors (Lipinski definition) is 6. The number of nitrogens with zero attached hydrogens (tertiary/aromatic N) is 2. The average molecular weight is 402 g/mol. The summed E-state index contributed by atoms with van der Waals surface area (Å²) in [6, 6.07) is 5.02. The second-order valence-electron chi connectivity index (χ2n) is 7.49. The summed E-state index contributed by atoms with van der Waals surface area (Å²) in [5.41, 5.74) is 2.21. The summed E-state index contributed by atoms with van der Waals surface area (Å²) in [5, 5.41) is 5.60. The number of morpholine rings is 1. The van der Waals surface area contributed by atoms with Crippen molar-refractivity contribution in [2.24, 2.45) is 7.05 Å². The zero-order chi connectivity index (χ0) is 20.4. The molecule has 0 spiro atoms. The molecule has 0 saturated carbocycles. The zero-order valence-corrected chi connectivity index (χ0v) is 16.5. The number of nitrogens with one attached hydrogen (secondary N) is 2. The third kappa shape index (κ3) is 3.98. The van der Waals surface area contributed by atoms with E-state index in [0.717, 1.165) is 24.2 Å². The number of ether oxygens (including phenoxy) is 2. The molecule has 29 heavy (non-hydrogen) atoms. The van der Waals surface area contributed by atoms with Gasteiger partial charge in [-0.1, -0.05) is 12.1 Å². The van der Waals surface area contributed by atoms with Crippen LogP contribution in [0.4, 0.5) is 0 Å². The van der Waals surface area contributed by atoms with Gasteiger partial charge < -0.3 is 14.8 Å². The maximum atomic E-state index is 12.9. The van der Waals surface area contributed by atoms with Crippen LogP contribution in [0.3, 0.4) is 0 Å². The van der Waals surface area contributed by atoms with Crippen molar-refractivity contribution in [2.45, 2.75) is 31.4 Å². The summed E-state index contributed by atoms with van der Waals surface area (Å²) in [4.78, 5) is 36.7. The molecule has 0 aliphatic carbocycles. The highest BCUT2D eigenvalue weighted by molar-refractivity contribution is 6.00. The molecule has 0 bridgehead atoms. The molecule has 9 nitrogen and oxygen atoms in total. The number of hydrogen-bond donors (Lipinski definition) is 2. The van der Waals surface area contributed by atoms with Crippen molar-refractivity contribution in [1.29, 1.82) is 0 Å². The van der Waals surface area contributed by atoms with E-state index in [4.69, 9.17) is 9.47 Å². The van der Waals surface area contributed by atoms with Gasteiger partial charge in [0.25, 0.3) is 0 Å². The molecule has 2 saturated heterocycles. The van der Waals surface area contributed by atoms with E-state index in [0.29, 0.717) is 38.2 Å². The average Bonchev–Trinajstić information content (AvgIpc) is 2.98. The van der Waals surface area contributed by atoms with Crippen LogP contribution >= 0.6 is 0 Å². The van der Waals surface area contributed by atoms with Crippen LogP contribution in [-0.4, -0.2) is 60.0 Å². The third-order valence-electron chi connectivity index (χ3n) is 5.53. The SMILES string of the molecule is Cn1c(=O)n(C2CCC(=O)NC2=O)c2cccc(CCOC[C@H]3CNCCO3)c21. The largest absolute Gasteiger partial charge is 0.378 e. The van der Waals surface area contributed by atoms with Gasteiger partial charge in [0, 0.05) is 26.6 Å². The van der Waals surface area contributed by atoms with E-state index in [1.165, 1.54) is 4.57 Å². The Morgan fingerprint density at radius 3 is 2.90 bits per heavy atom. The summed E-state index contributed by atoms with van der Waals surface area (Å²) in [5.74, 6) is -0.722. The van der Waals surface area contributed by atoms with E-state index in [2.05, 4.69) is 10.6 Å². The van der Waals surface area contributed by atoms with Crippen molar-refractivity contribution in [3.8, 4) is 0 Å². The number of para-hydroxylation sites is 1. The van der Waals surface area contributed by atoms with Gasteiger partial charge in [-0.05, 0) is 24.5 Å². The van der Waals surface area contributed by atoms with Crippen LogP contribution in [0.25, 0.3) is 11.0 Å². The molecule has 2 atom stereocenters. The van der Waals surface area contributed by atoms with Crippen LogP contribution < -0.4 is 16.3 Å². The maximum Gasteiger partial charge on any atom is 0.329 e. The van der Waals surface area contributed by atoms with E-state index in [-0.39, 0.29) is 24.1 Å².